The molecule has 2 aliphatic heterocycles. The molecule has 0 saturated carbocycles. The molecule has 3 rings (SSSR count). The Labute approximate surface area is 153 Å². The van der Waals surface area contributed by atoms with Crippen LogP contribution in [0.4, 0.5) is 5.13 Å². The molecule has 1 aromatic rings. The molecule has 0 radical (unpaired) electrons. The number of carbonyl (C=O) groups excluding carboxylic acids is 1. The third-order valence-electron chi connectivity index (χ3n) is 4.14. The zero-order valence-corrected chi connectivity index (χ0v) is 15.4. The molecule has 1 aromatic heterocycles. The van der Waals surface area contributed by atoms with Gasteiger partial charge in [0, 0.05) is 44.3 Å². The van der Waals surface area contributed by atoms with Crippen molar-refractivity contribution in [2.24, 2.45) is 5.73 Å². The van der Waals surface area contributed by atoms with Gasteiger partial charge in [0.15, 0.2) is 5.13 Å². The van der Waals surface area contributed by atoms with Gasteiger partial charge in [-0.15, -0.1) is 36.2 Å². The molecule has 132 valence electrons. The predicted octanol–water partition coefficient (Wildman–Crippen LogP) is 1.53. The van der Waals surface area contributed by atoms with E-state index in [9.17, 15) is 4.79 Å². The number of thiazole rings is 1. The van der Waals surface area contributed by atoms with Gasteiger partial charge in [-0.3, -0.25) is 4.79 Å². The molecule has 3 heterocycles. The van der Waals surface area contributed by atoms with Crippen LogP contribution in [-0.4, -0.2) is 60.7 Å². The average Bonchev–Trinajstić information content (AvgIpc) is 3.14. The number of nitrogens with zero attached hydrogens (tertiary/aromatic N) is 3. The van der Waals surface area contributed by atoms with E-state index in [2.05, 4.69) is 9.88 Å². The van der Waals surface area contributed by atoms with E-state index in [1.807, 2.05) is 16.5 Å². The van der Waals surface area contributed by atoms with Crippen LogP contribution in [0.1, 0.15) is 19.3 Å². The fourth-order valence-electron chi connectivity index (χ4n) is 2.97. The molecule has 23 heavy (non-hydrogen) atoms. The van der Waals surface area contributed by atoms with Crippen molar-refractivity contribution in [3.05, 3.63) is 11.6 Å². The van der Waals surface area contributed by atoms with Gasteiger partial charge in [0.1, 0.15) is 6.10 Å². The highest BCUT2D eigenvalue weighted by Crippen LogP contribution is 2.23. The summed E-state index contributed by atoms with van der Waals surface area (Å²) < 4.78 is 5.73. The van der Waals surface area contributed by atoms with E-state index in [0.717, 1.165) is 50.6 Å². The van der Waals surface area contributed by atoms with Crippen molar-refractivity contribution in [2.75, 3.05) is 37.6 Å². The van der Waals surface area contributed by atoms with Gasteiger partial charge in [-0.1, -0.05) is 0 Å². The van der Waals surface area contributed by atoms with Crippen molar-refractivity contribution < 1.29 is 9.53 Å². The van der Waals surface area contributed by atoms with Crippen LogP contribution in [0, 0.1) is 0 Å². The van der Waals surface area contributed by atoms with Crippen LogP contribution in [-0.2, 0) is 9.53 Å². The lowest BCUT2D eigenvalue weighted by atomic mass is 10.2. The van der Waals surface area contributed by atoms with E-state index in [4.69, 9.17) is 10.5 Å². The first-order valence-corrected chi connectivity index (χ1v) is 8.44. The first-order chi connectivity index (χ1) is 10.3. The molecule has 6 nitrogen and oxygen atoms in total. The Morgan fingerprint density at radius 2 is 2.13 bits per heavy atom. The van der Waals surface area contributed by atoms with Crippen LogP contribution in [0.3, 0.4) is 0 Å². The molecule has 9 heteroatoms. The molecule has 1 amide bonds. The summed E-state index contributed by atoms with van der Waals surface area (Å²) in [6, 6.07) is 0. The number of carbonyl (C=O) groups is 1. The average molecular weight is 383 g/mol. The fourth-order valence-corrected chi connectivity index (χ4v) is 3.66. The molecule has 2 fully saturated rings. The highest BCUT2D eigenvalue weighted by molar-refractivity contribution is 7.13. The van der Waals surface area contributed by atoms with Gasteiger partial charge < -0.3 is 20.3 Å². The van der Waals surface area contributed by atoms with E-state index < -0.39 is 0 Å². The molecule has 2 N–H and O–H groups in total. The molecule has 0 aliphatic carbocycles. The SMILES string of the molecule is Cl.Cl.NC[C@H]1CC[C@@H](C(=O)N2CCCN(c3nccs3)CC2)O1. The Bertz CT molecular complexity index is 477. The number of anilines is 1. The maximum atomic E-state index is 12.5. The summed E-state index contributed by atoms with van der Waals surface area (Å²) in [5, 5.41) is 3.03. The molecule has 0 bridgehead atoms. The Morgan fingerprint density at radius 3 is 2.78 bits per heavy atom. The third-order valence-corrected chi connectivity index (χ3v) is 4.98. The number of hydrogen-bond acceptors (Lipinski definition) is 6. The summed E-state index contributed by atoms with van der Waals surface area (Å²) in [5.74, 6) is 0.131. The minimum Gasteiger partial charge on any atom is -0.364 e. The van der Waals surface area contributed by atoms with Crippen LogP contribution in [0.15, 0.2) is 11.6 Å². The van der Waals surface area contributed by atoms with Crippen molar-refractivity contribution in [2.45, 2.75) is 31.5 Å². The first-order valence-electron chi connectivity index (χ1n) is 7.56. The third kappa shape index (κ3) is 4.93. The molecule has 2 aliphatic rings. The molecule has 0 aromatic carbocycles. The predicted molar refractivity (Wildman–Crippen MR) is 97.0 cm³/mol. The summed E-state index contributed by atoms with van der Waals surface area (Å²) in [6.07, 6.45) is 4.26. The van der Waals surface area contributed by atoms with E-state index in [-0.39, 0.29) is 42.9 Å². The van der Waals surface area contributed by atoms with Gasteiger partial charge in [-0.25, -0.2) is 4.98 Å². The molecular weight excluding hydrogens is 359 g/mol. The van der Waals surface area contributed by atoms with Crippen LogP contribution >= 0.6 is 36.2 Å². The number of nitrogens with two attached hydrogens (primary N) is 1. The minimum absolute atomic E-state index is 0. The summed E-state index contributed by atoms with van der Waals surface area (Å²) in [6.45, 7) is 3.83. The zero-order valence-electron chi connectivity index (χ0n) is 12.9. The lowest BCUT2D eigenvalue weighted by molar-refractivity contribution is -0.142. The Morgan fingerprint density at radius 1 is 1.30 bits per heavy atom. The van der Waals surface area contributed by atoms with Crippen LogP contribution in [0.5, 0.6) is 0 Å². The minimum atomic E-state index is -0.287. The van der Waals surface area contributed by atoms with Gasteiger partial charge >= 0.3 is 0 Å². The second-order valence-electron chi connectivity index (χ2n) is 5.54. The Balaban J connectivity index is 0.00000132. The number of hydrogen-bond donors (Lipinski definition) is 1. The van der Waals surface area contributed by atoms with E-state index >= 15 is 0 Å². The summed E-state index contributed by atoms with van der Waals surface area (Å²) in [5.41, 5.74) is 5.61. The van der Waals surface area contributed by atoms with Crippen LogP contribution in [0.25, 0.3) is 0 Å². The second kappa shape index (κ2) is 9.64. The van der Waals surface area contributed by atoms with E-state index in [1.54, 1.807) is 11.3 Å². The van der Waals surface area contributed by atoms with Crippen molar-refractivity contribution in [3.8, 4) is 0 Å². The maximum Gasteiger partial charge on any atom is 0.251 e. The standard InChI is InChI=1S/C14H22N4O2S.2ClH/c15-10-11-2-3-12(20-11)13(19)17-5-1-6-18(8-7-17)14-16-4-9-21-14;;/h4,9,11-12H,1-3,5-8,10,15H2;2*1H/t11-,12+;;/m1../s1. The highest BCUT2D eigenvalue weighted by Gasteiger charge is 2.33. The molecular formula is C14H24Cl2N4O2S. The smallest absolute Gasteiger partial charge is 0.251 e. The van der Waals surface area contributed by atoms with Gasteiger partial charge in [-0.2, -0.15) is 0 Å². The quantitative estimate of drug-likeness (QED) is 0.857. The van der Waals surface area contributed by atoms with Crippen molar-refractivity contribution in [1.82, 2.24) is 9.88 Å². The van der Waals surface area contributed by atoms with E-state index in [0.29, 0.717) is 6.54 Å². The summed E-state index contributed by atoms with van der Waals surface area (Å²) in [7, 11) is 0. The van der Waals surface area contributed by atoms with Crippen LogP contribution < -0.4 is 10.6 Å². The largest absolute Gasteiger partial charge is 0.364 e. The summed E-state index contributed by atoms with van der Waals surface area (Å²) >= 11 is 1.65. The van der Waals surface area contributed by atoms with E-state index in [1.165, 1.54) is 0 Å². The Kier molecular flexibility index (Phi) is 8.57. The van der Waals surface area contributed by atoms with Gasteiger partial charge in [0.25, 0.3) is 5.91 Å². The topological polar surface area (TPSA) is 71.7 Å². The number of aromatic nitrogens is 1. The maximum absolute atomic E-state index is 12.5. The van der Waals surface area contributed by atoms with Crippen molar-refractivity contribution in [1.29, 1.82) is 0 Å². The Hall–Kier alpha value is -0.600. The van der Waals surface area contributed by atoms with Gasteiger partial charge in [0.05, 0.1) is 6.10 Å². The zero-order chi connectivity index (χ0) is 14.7. The molecule has 2 saturated heterocycles. The van der Waals surface area contributed by atoms with Crippen LogP contribution in [0.2, 0.25) is 0 Å². The normalized spacial score (nSPS) is 24.6. The lowest BCUT2D eigenvalue weighted by Crippen LogP contribution is -2.41. The highest BCUT2D eigenvalue weighted by atomic mass is 35.5. The molecule has 0 spiro atoms. The second-order valence-corrected chi connectivity index (χ2v) is 6.41. The van der Waals surface area contributed by atoms with Gasteiger partial charge in [0.2, 0.25) is 0 Å². The number of rotatable bonds is 3. The number of ether oxygens (including phenoxy) is 1. The van der Waals surface area contributed by atoms with Gasteiger partial charge in [-0.05, 0) is 19.3 Å². The first kappa shape index (κ1) is 20.4. The number of amides is 1. The molecule has 2 atom stereocenters. The van der Waals surface area contributed by atoms with Crippen molar-refractivity contribution >= 4 is 47.2 Å². The fraction of sp³-hybridized carbons (Fsp3) is 0.714. The molecule has 0 unspecified atom stereocenters. The lowest BCUT2D eigenvalue weighted by Gasteiger charge is -2.24. The number of halogens is 2. The van der Waals surface area contributed by atoms with Crippen molar-refractivity contribution in [3.63, 3.8) is 0 Å². The monoisotopic (exact) mass is 382 g/mol. The summed E-state index contributed by atoms with van der Waals surface area (Å²) in [4.78, 5) is 21.1.